The molecule has 0 unspecified atom stereocenters. The number of likely N-dealkylation sites (N-methyl/N-ethyl adjacent to an activating group) is 1. The van der Waals surface area contributed by atoms with Gasteiger partial charge < -0.3 is 25.4 Å². The van der Waals surface area contributed by atoms with Gasteiger partial charge in [0.15, 0.2) is 0 Å². The average molecular weight is 354 g/mol. The van der Waals surface area contributed by atoms with Crippen molar-refractivity contribution in [2.75, 3.05) is 14.1 Å². The summed E-state index contributed by atoms with van der Waals surface area (Å²) < 4.78 is 0. The number of hydrogen-bond donors (Lipinski definition) is 2. The molecule has 132 valence electrons. The second-order valence-corrected chi connectivity index (χ2v) is 5.96. The Balaban J connectivity index is 0.000000436. The highest BCUT2D eigenvalue weighted by Crippen LogP contribution is 2.13. The third-order valence-electron chi connectivity index (χ3n) is 3.59. The number of carbonyl (C=O) groups excluding carboxylic acids is 1. The van der Waals surface area contributed by atoms with Crippen LogP contribution in [0.3, 0.4) is 0 Å². The Bertz CT molecular complexity index is 619. The number of rotatable bonds is 4. The molecule has 0 saturated heterocycles. The van der Waals surface area contributed by atoms with Crippen molar-refractivity contribution in [3.63, 3.8) is 0 Å². The van der Waals surface area contributed by atoms with Crippen LogP contribution in [0.4, 0.5) is 0 Å². The number of carboxylic acids is 1. The fourth-order valence-electron chi connectivity index (χ4n) is 1.87. The minimum absolute atomic E-state index is 0. The molecular formula is C18H24ClNO4. The van der Waals surface area contributed by atoms with E-state index in [1.165, 1.54) is 17.0 Å². The van der Waals surface area contributed by atoms with E-state index in [1.807, 2.05) is 37.3 Å². The van der Waals surface area contributed by atoms with Crippen LogP contribution in [0.2, 0.25) is 5.02 Å². The Morgan fingerprint density at radius 2 is 1.71 bits per heavy atom. The highest BCUT2D eigenvalue weighted by atomic mass is 35.5. The van der Waals surface area contributed by atoms with E-state index in [-0.39, 0.29) is 23.2 Å². The summed E-state index contributed by atoms with van der Waals surface area (Å²) in [6.07, 6.45) is -0.369. The van der Waals surface area contributed by atoms with Crippen molar-refractivity contribution in [1.29, 1.82) is 0 Å². The predicted molar refractivity (Wildman–Crippen MR) is 93.1 cm³/mol. The Morgan fingerprint density at radius 1 is 1.12 bits per heavy atom. The van der Waals surface area contributed by atoms with Crippen LogP contribution in [-0.2, 0) is 0 Å². The molecule has 2 rings (SSSR count). The molecule has 6 heteroatoms. The van der Waals surface area contributed by atoms with Gasteiger partial charge in [-0.05, 0) is 30.2 Å². The highest BCUT2D eigenvalue weighted by Gasteiger charge is 2.20. The summed E-state index contributed by atoms with van der Waals surface area (Å²) >= 11 is 5.50. The third kappa shape index (κ3) is 7.10. The van der Waals surface area contributed by atoms with E-state index >= 15 is 0 Å². The van der Waals surface area contributed by atoms with E-state index in [0.717, 1.165) is 5.56 Å². The third-order valence-corrected chi connectivity index (χ3v) is 3.82. The maximum Gasteiger partial charge on any atom is 0.130 e. The number of carbonyl (C=O) groups is 1. The summed E-state index contributed by atoms with van der Waals surface area (Å²) in [5, 5.41) is 20.5. The zero-order chi connectivity index (χ0) is 17.4. The molecule has 0 aliphatic carbocycles. The first-order valence-corrected chi connectivity index (χ1v) is 7.70. The van der Waals surface area contributed by atoms with Crippen molar-refractivity contribution in [1.82, 2.24) is 0 Å². The molecule has 0 radical (unpaired) electrons. The summed E-state index contributed by atoms with van der Waals surface area (Å²) in [7, 11) is 4.10. The fourth-order valence-corrected chi connectivity index (χ4v) is 2.06. The van der Waals surface area contributed by atoms with E-state index < -0.39 is 5.97 Å². The molecule has 0 saturated carbocycles. The minimum atomic E-state index is -1.21. The number of carboxylic acid groups (broad SMARTS) is 1. The van der Waals surface area contributed by atoms with Gasteiger partial charge in [-0.2, -0.15) is 0 Å². The second kappa shape index (κ2) is 10.8. The summed E-state index contributed by atoms with van der Waals surface area (Å²) in [4.78, 5) is 11.4. The number of nitrogens with one attached hydrogen (secondary N) is 1. The topological polar surface area (TPSA) is 96.3 Å². The standard InChI is InChI=1S/C11H17NO.C7H5ClO2.H2O/c1-9(12(2)3)11(13)10-7-5-4-6-8-10;8-6-3-1-2-5(4-6)7(9)10;/h4-9,11,13H,1-3H3;1-4H,(H,9,10);1H2/t9-,11-;;/m0../s1. The fraction of sp³-hybridized carbons (Fsp3) is 0.278. The van der Waals surface area contributed by atoms with Crippen LogP contribution in [0, 0.1) is 0 Å². The molecule has 0 aliphatic rings. The first kappa shape index (κ1) is 22.1. The van der Waals surface area contributed by atoms with Gasteiger partial charge in [0.2, 0.25) is 0 Å². The first-order valence-electron chi connectivity index (χ1n) is 7.33. The highest BCUT2D eigenvalue weighted by molar-refractivity contribution is 6.30. The Labute approximate surface area is 147 Å². The molecule has 0 bridgehead atoms. The number of aliphatic hydroxyl groups is 1. The molecule has 0 aliphatic heterocycles. The monoisotopic (exact) mass is 353 g/mol. The van der Waals surface area contributed by atoms with Crippen LogP contribution >= 0.6 is 11.6 Å². The van der Waals surface area contributed by atoms with Gasteiger partial charge in [-0.25, -0.2) is 0 Å². The molecule has 2 aromatic rings. The van der Waals surface area contributed by atoms with E-state index in [4.69, 9.17) is 11.6 Å². The molecule has 5 nitrogen and oxygen atoms in total. The van der Waals surface area contributed by atoms with Gasteiger partial charge >= 0.3 is 0 Å². The quantitative estimate of drug-likeness (QED) is 0.817. The lowest BCUT2D eigenvalue weighted by molar-refractivity contribution is -0.888. The number of hydrogen-bond acceptors (Lipinski definition) is 3. The number of quaternary nitrogens is 1. The Hall–Kier alpha value is -1.92. The van der Waals surface area contributed by atoms with Gasteiger partial charge in [0, 0.05) is 5.02 Å². The summed E-state index contributed by atoms with van der Waals surface area (Å²) in [5.74, 6) is -1.21. The number of aliphatic hydroxyl groups excluding tert-OH is 1. The molecule has 2 aromatic carbocycles. The average Bonchev–Trinajstić information content (AvgIpc) is 2.54. The van der Waals surface area contributed by atoms with E-state index in [0.29, 0.717) is 5.02 Å². The smallest absolute Gasteiger partial charge is 0.130 e. The minimum Gasteiger partial charge on any atom is -0.545 e. The zero-order valence-electron chi connectivity index (χ0n) is 14.0. The maximum atomic E-state index is 10.2. The van der Waals surface area contributed by atoms with Crippen molar-refractivity contribution < 1.29 is 25.4 Å². The lowest BCUT2D eigenvalue weighted by Crippen LogP contribution is -3.10. The van der Waals surface area contributed by atoms with Crippen molar-refractivity contribution in [3.8, 4) is 0 Å². The maximum absolute atomic E-state index is 10.2. The van der Waals surface area contributed by atoms with Gasteiger partial charge in [0.25, 0.3) is 0 Å². The molecule has 0 amide bonds. The van der Waals surface area contributed by atoms with Crippen molar-refractivity contribution in [3.05, 3.63) is 70.7 Å². The van der Waals surface area contributed by atoms with Crippen LogP contribution in [0.25, 0.3) is 0 Å². The van der Waals surface area contributed by atoms with Gasteiger partial charge in [-0.15, -0.1) is 0 Å². The van der Waals surface area contributed by atoms with Gasteiger partial charge in [0.1, 0.15) is 12.1 Å². The number of aromatic carboxylic acids is 1. The molecule has 0 fully saturated rings. The van der Waals surface area contributed by atoms with Crippen molar-refractivity contribution in [2.45, 2.75) is 19.1 Å². The van der Waals surface area contributed by atoms with Crippen LogP contribution in [0.1, 0.15) is 28.9 Å². The normalized spacial score (nSPS) is 12.4. The first-order chi connectivity index (χ1) is 10.8. The Morgan fingerprint density at radius 3 is 2.12 bits per heavy atom. The summed E-state index contributed by atoms with van der Waals surface area (Å²) in [6, 6.07) is 16.0. The largest absolute Gasteiger partial charge is 0.545 e. The zero-order valence-corrected chi connectivity index (χ0v) is 14.7. The Kier molecular flexibility index (Phi) is 9.92. The lowest BCUT2D eigenvalue weighted by Gasteiger charge is -2.22. The summed E-state index contributed by atoms with van der Waals surface area (Å²) in [5.41, 5.74) is 1.10. The van der Waals surface area contributed by atoms with Gasteiger partial charge in [0.05, 0.1) is 20.1 Å². The van der Waals surface area contributed by atoms with E-state index in [2.05, 4.69) is 14.1 Å². The van der Waals surface area contributed by atoms with Gasteiger partial charge in [-0.3, -0.25) is 0 Å². The van der Waals surface area contributed by atoms with Crippen molar-refractivity contribution >= 4 is 17.6 Å². The van der Waals surface area contributed by atoms with Gasteiger partial charge in [-0.1, -0.05) is 54.1 Å². The molecule has 0 aromatic heterocycles. The molecule has 4 N–H and O–H groups in total. The SMILES string of the molecule is C[C@@H]([C@H](O)c1ccccc1)[NH+](C)C.O.O=C([O-])c1cccc(Cl)c1. The van der Waals surface area contributed by atoms with Crippen LogP contribution in [0.15, 0.2) is 54.6 Å². The van der Waals surface area contributed by atoms with E-state index in [9.17, 15) is 15.0 Å². The molecular weight excluding hydrogens is 330 g/mol. The van der Waals surface area contributed by atoms with Crippen LogP contribution < -0.4 is 10.0 Å². The second-order valence-electron chi connectivity index (χ2n) is 5.52. The predicted octanol–water partition coefficient (Wildman–Crippen LogP) is 0.132. The molecule has 2 atom stereocenters. The van der Waals surface area contributed by atoms with Crippen molar-refractivity contribution in [2.24, 2.45) is 0 Å². The molecule has 0 spiro atoms. The number of benzene rings is 2. The van der Waals surface area contributed by atoms with Crippen LogP contribution in [-0.4, -0.2) is 36.7 Å². The lowest BCUT2D eigenvalue weighted by atomic mass is 10.0. The molecule has 24 heavy (non-hydrogen) atoms. The number of halogens is 1. The van der Waals surface area contributed by atoms with Crippen LogP contribution in [0.5, 0.6) is 0 Å². The molecule has 0 heterocycles. The summed E-state index contributed by atoms with van der Waals surface area (Å²) in [6.45, 7) is 2.05. The van der Waals surface area contributed by atoms with E-state index in [1.54, 1.807) is 12.1 Å².